The summed E-state index contributed by atoms with van der Waals surface area (Å²) in [5, 5.41) is 0. The number of nitrogens with zero attached hydrogens (tertiary/aromatic N) is 1. The Morgan fingerprint density at radius 1 is 1.04 bits per heavy atom. The Bertz CT molecular complexity index is 518. The summed E-state index contributed by atoms with van der Waals surface area (Å²) in [5.74, 6) is 4.53. The highest BCUT2D eigenvalue weighted by Gasteiger charge is 2.58. The zero-order valence-corrected chi connectivity index (χ0v) is 16.6. The van der Waals surface area contributed by atoms with Gasteiger partial charge < -0.3 is 14.4 Å². The van der Waals surface area contributed by atoms with Gasteiger partial charge in [-0.1, -0.05) is 6.92 Å². The molecule has 0 aromatic rings. The molecular formula is C20H31NO4S. The zero-order chi connectivity index (χ0) is 18.1. The molecule has 0 radical (unpaired) electrons. The zero-order valence-electron chi connectivity index (χ0n) is 15.8. The number of carbonyl (C=O) groups excluding carboxylic acids is 2. The number of rotatable bonds is 5. The van der Waals surface area contributed by atoms with Crippen LogP contribution in [0.5, 0.6) is 0 Å². The van der Waals surface area contributed by atoms with E-state index in [0.29, 0.717) is 11.8 Å². The van der Waals surface area contributed by atoms with Gasteiger partial charge in [0.25, 0.3) is 0 Å². The average molecular weight is 382 g/mol. The van der Waals surface area contributed by atoms with Gasteiger partial charge in [-0.3, -0.25) is 4.79 Å². The van der Waals surface area contributed by atoms with Gasteiger partial charge in [0.2, 0.25) is 0 Å². The summed E-state index contributed by atoms with van der Waals surface area (Å²) in [4.78, 5) is 26.3. The molecule has 4 bridgehead atoms. The lowest BCUT2D eigenvalue weighted by Crippen LogP contribution is -2.59. The van der Waals surface area contributed by atoms with E-state index in [-0.39, 0.29) is 30.7 Å². The number of ether oxygens (including phenoxy) is 2. The molecule has 1 aliphatic heterocycles. The van der Waals surface area contributed by atoms with Gasteiger partial charge in [0.15, 0.2) is 0 Å². The van der Waals surface area contributed by atoms with E-state index in [2.05, 4.69) is 6.92 Å². The molecule has 5 aliphatic rings. The van der Waals surface area contributed by atoms with Crippen molar-refractivity contribution in [2.45, 2.75) is 57.5 Å². The van der Waals surface area contributed by atoms with Crippen LogP contribution in [0.2, 0.25) is 0 Å². The smallest absolute Gasteiger partial charge is 0.409 e. The molecule has 0 unspecified atom stereocenters. The maximum atomic E-state index is 12.5. The monoisotopic (exact) mass is 381 g/mol. The highest BCUT2D eigenvalue weighted by Crippen LogP contribution is 2.60. The van der Waals surface area contributed by atoms with E-state index in [1.54, 1.807) is 4.90 Å². The van der Waals surface area contributed by atoms with Crippen molar-refractivity contribution in [3.63, 3.8) is 0 Å². The van der Waals surface area contributed by atoms with E-state index >= 15 is 0 Å². The molecule has 26 heavy (non-hydrogen) atoms. The number of carbonyl (C=O) groups is 2. The molecule has 146 valence electrons. The lowest BCUT2D eigenvalue weighted by Gasteiger charge is -2.60. The minimum absolute atomic E-state index is 0.127. The van der Waals surface area contributed by atoms with Gasteiger partial charge in [0.1, 0.15) is 12.2 Å². The van der Waals surface area contributed by atoms with Crippen LogP contribution in [0.25, 0.3) is 0 Å². The minimum atomic E-state index is -0.294. The highest BCUT2D eigenvalue weighted by molar-refractivity contribution is 7.99. The van der Waals surface area contributed by atoms with Crippen LogP contribution in [-0.4, -0.2) is 53.8 Å². The molecule has 0 aromatic carbocycles. The van der Waals surface area contributed by atoms with Gasteiger partial charge >= 0.3 is 12.1 Å². The van der Waals surface area contributed by atoms with Gasteiger partial charge in [-0.15, -0.1) is 0 Å². The number of amides is 1. The highest BCUT2D eigenvalue weighted by atomic mass is 32.2. The average Bonchev–Trinajstić information content (AvgIpc) is 2.65. The fourth-order valence-electron chi connectivity index (χ4n) is 6.12. The lowest BCUT2D eigenvalue weighted by molar-refractivity contribution is -0.211. The van der Waals surface area contributed by atoms with Crippen molar-refractivity contribution in [3.8, 4) is 0 Å². The molecule has 4 aliphatic carbocycles. The number of hydrogen-bond donors (Lipinski definition) is 0. The quantitative estimate of drug-likeness (QED) is 0.680. The maximum absolute atomic E-state index is 12.5. The first-order valence-electron chi connectivity index (χ1n) is 10.3. The van der Waals surface area contributed by atoms with Crippen LogP contribution in [0.1, 0.15) is 51.9 Å². The van der Waals surface area contributed by atoms with E-state index < -0.39 is 0 Å². The molecule has 0 atom stereocenters. The topological polar surface area (TPSA) is 55.8 Å². The summed E-state index contributed by atoms with van der Waals surface area (Å²) < 4.78 is 11.4. The first-order valence-corrected chi connectivity index (χ1v) is 11.5. The van der Waals surface area contributed by atoms with Crippen molar-refractivity contribution < 1.29 is 19.1 Å². The fraction of sp³-hybridized carbons (Fsp3) is 0.900. The van der Waals surface area contributed by atoms with E-state index in [4.69, 9.17) is 9.47 Å². The van der Waals surface area contributed by atoms with Crippen molar-refractivity contribution in [2.24, 2.45) is 23.7 Å². The fourth-order valence-corrected chi connectivity index (χ4v) is 7.02. The Balaban J connectivity index is 1.28. The summed E-state index contributed by atoms with van der Waals surface area (Å²) in [5.41, 5.74) is -0.251. The predicted molar refractivity (Wildman–Crippen MR) is 101 cm³/mol. The first-order chi connectivity index (χ1) is 12.6. The summed E-state index contributed by atoms with van der Waals surface area (Å²) in [6, 6.07) is 0. The Hall–Kier alpha value is -0.910. The lowest BCUT2D eigenvalue weighted by atomic mass is 9.49. The third-order valence-corrected chi connectivity index (χ3v) is 8.12. The third-order valence-electron chi connectivity index (χ3n) is 7.18. The summed E-state index contributed by atoms with van der Waals surface area (Å²) in [6.45, 7) is 3.77. The standard InChI is InChI=1S/C20H31NO4S/c1-2-20(16-10-14-9-15(12-16)13-17(20)11-14)25-18(22)3-6-24-19(23)21-4-7-26-8-5-21/h14-17H,2-13H2,1H3. The van der Waals surface area contributed by atoms with Crippen molar-refractivity contribution in [1.29, 1.82) is 0 Å². The molecule has 5 fully saturated rings. The number of hydrogen-bond acceptors (Lipinski definition) is 5. The molecular weight excluding hydrogens is 350 g/mol. The van der Waals surface area contributed by atoms with Crippen LogP contribution in [-0.2, 0) is 14.3 Å². The van der Waals surface area contributed by atoms with Crippen LogP contribution in [0.15, 0.2) is 0 Å². The Morgan fingerprint density at radius 3 is 2.23 bits per heavy atom. The predicted octanol–water partition coefficient (Wildman–Crippen LogP) is 3.71. The molecule has 0 spiro atoms. The second kappa shape index (κ2) is 7.61. The Morgan fingerprint density at radius 2 is 1.65 bits per heavy atom. The molecule has 0 aromatic heterocycles. The van der Waals surface area contributed by atoms with Crippen molar-refractivity contribution in [3.05, 3.63) is 0 Å². The second-order valence-electron chi connectivity index (χ2n) is 8.55. The molecule has 4 saturated carbocycles. The summed E-state index contributed by atoms with van der Waals surface area (Å²) in [7, 11) is 0. The number of thioether (sulfide) groups is 1. The van der Waals surface area contributed by atoms with Gasteiger partial charge in [0.05, 0.1) is 6.42 Å². The molecule has 1 saturated heterocycles. The molecule has 6 heteroatoms. The first kappa shape index (κ1) is 18.5. The van der Waals surface area contributed by atoms with Crippen molar-refractivity contribution in [1.82, 2.24) is 4.90 Å². The Labute approximate surface area is 160 Å². The van der Waals surface area contributed by atoms with Crippen LogP contribution in [0, 0.1) is 23.7 Å². The van der Waals surface area contributed by atoms with E-state index in [1.165, 1.54) is 32.1 Å². The summed E-state index contributed by atoms with van der Waals surface area (Å²) in [6.07, 6.45) is 7.11. The van der Waals surface area contributed by atoms with E-state index in [9.17, 15) is 9.59 Å². The van der Waals surface area contributed by atoms with Crippen molar-refractivity contribution in [2.75, 3.05) is 31.2 Å². The molecule has 0 N–H and O–H groups in total. The van der Waals surface area contributed by atoms with Crippen LogP contribution in [0.4, 0.5) is 4.79 Å². The maximum Gasteiger partial charge on any atom is 0.409 e. The van der Waals surface area contributed by atoms with Crippen LogP contribution in [0.3, 0.4) is 0 Å². The van der Waals surface area contributed by atoms with Crippen LogP contribution < -0.4 is 0 Å². The largest absolute Gasteiger partial charge is 0.458 e. The molecule has 5 nitrogen and oxygen atoms in total. The van der Waals surface area contributed by atoms with Crippen molar-refractivity contribution >= 4 is 23.8 Å². The van der Waals surface area contributed by atoms with Gasteiger partial charge in [0, 0.05) is 24.6 Å². The minimum Gasteiger partial charge on any atom is -0.458 e. The third kappa shape index (κ3) is 3.46. The normalized spacial score (nSPS) is 38.3. The Kier molecular flexibility index (Phi) is 5.40. The van der Waals surface area contributed by atoms with E-state index in [1.807, 2.05) is 11.8 Å². The summed E-state index contributed by atoms with van der Waals surface area (Å²) >= 11 is 1.85. The van der Waals surface area contributed by atoms with Gasteiger partial charge in [-0.2, -0.15) is 11.8 Å². The van der Waals surface area contributed by atoms with E-state index in [0.717, 1.165) is 42.9 Å². The van der Waals surface area contributed by atoms with Gasteiger partial charge in [-0.25, -0.2) is 4.79 Å². The second-order valence-corrected chi connectivity index (χ2v) is 9.78. The number of esters is 1. The molecule has 1 heterocycles. The SMILES string of the molecule is CCC1(OC(=O)CCOC(=O)N2CCSCC2)C2CC3CC(C2)CC1C3. The van der Waals surface area contributed by atoms with Crippen LogP contribution >= 0.6 is 11.8 Å². The molecule has 5 rings (SSSR count). The van der Waals surface area contributed by atoms with Gasteiger partial charge in [-0.05, 0) is 62.2 Å². The molecule has 1 amide bonds.